The number of ether oxygens (including phenoxy) is 2. The van der Waals surface area contributed by atoms with Gasteiger partial charge in [0, 0.05) is 12.3 Å². The molecule has 2 unspecified atom stereocenters. The molecule has 0 bridgehead atoms. The van der Waals surface area contributed by atoms with Crippen molar-refractivity contribution in [2.75, 3.05) is 18.5 Å². The lowest BCUT2D eigenvalue weighted by Crippen LogP contribution is -2.41. The first-order chi connectivity index (χ1) is 9.20. The Morgan fingerprint density at radius 1 is 1.53 bits per heavy atom. The average molecular weight is 267 g/mol. The Morgan fingerprint density at radius 3 is 2.84 bits per heavy atom. The summed E-state index contributed by atoms with van der Waals surface area (Å²) in [7, 11) is 0. The van der Waals surface area contributed by atoms with Crippen molar-refractivity contribution in [2.45, 2.75) is 31.9 Å². The highest BCUT2D eigenvalue weighted by Crippen LogP contribution is 2.20. The predicted octanol–water partition coefficient (Wildman–Crippen LogP) is 2.35. The van der Waals surface area contributed by atoms with Crippen LogP contribution < -0.4 is 5.32 Å². The van der Waals surface area contributed by atoms with Crippen LogP contribution in [0.15, 0.2) is 24.3 Å². The number of halogens is 1. The number of benzene rings is 1. The molecule has 0 spiro atoms. The fourth-order valence-electron chi connectivity index (χ4n) is 2.13. The topological polar surface area (TPSA) is 47.6 Å². The van der Waals surface area contributed by atoms with Gasteiger partial charge in [-0.1, -0.05) is 0 Å². The van der Waals surface area contributed by atoms with E-state index < -0.39 is 6.04 Å². The van der Waals surface area contributed by atoms with E-state index >= 15 is 0 Å². The van der Waals surface area contributed by atoms with Crippen LogP contribution in [-0.2, 0) is 14.3 Å². The van der Waals surface area contributed by atoms with Crippen LogP contribution in [0.4, 0.5) is 10.1 Å². The maximum atomic E-state index is 12.9. The molecule has 0 aromatic heterocycles. The third kappa shape index (κ3) is 3.67. The van der Waals surface area contributed by atoms with Gasteiger partial charge < -0.3 is 14.8 Å². The zero-order chi connectivity index (χ0) is 13.7. The molecule has 2 rings (SSSR count). The zero-order valence-corrected chi connectivity index (χ0v) is 10.9. The smallest absolute Gasteiger partial charge is 0.331 e. The summed E-state index contributed by atoms with van der Waals surface area (Å²) >= 11 is 0. The van der Waals surface area contributed by atoms with Gasteiger partial charge in [-0.3, -0.25) is 0 Å². The first-order valence-electron chi connectivity index (χ1n) is 6.51. The molecule has 1 aromatic carbocycles. The van der Waals surface area contributed by atoms with E-state index in [4.69, 9.17) is 9.47 Å². The molecule has 1 aliphatic rings. The molecule has 0 amide bonds. The number of esters is 1. The first kappa shape index (κ1) is 13.8. The molecule has 0 radical (unpaired) electrons. The molecule has 1 heterocycles. The number of nitrogens with one attached hydrogen (secondary N) is 1. The molecule has 104 valence electrons. The highest BCUT2D eigenvalue weighted by Gasteiger charge is 2.32. The normalized spacial score (nSPS) is 20.0. The Bertz CT molecular complexity index is 415. The summed E-state index contributed by atoms with van der Waals surface area (Å²) in [5.41, 5.74) is 0.676. The van der Waals surface area contributed by atoms with E-state index in [0.29, 0.717) is 18.9 Å². The summed E-state index contributed by atoms with van der Waals surface area (Å²) in [6.07, 6.45) is 1.56. The fraction of sp³-hybridized carbons (Fsp3) is 0.500. The van der Waals surface area contributed by atoms with Crippen molar-refractivity contribution in [3.8, 4) is 0 Å². The predicted molar refractivity (Wildman–Crippen MR) is 69.4 cm³/mol. The second-order valence-corrected chi connectivity index (χ2v) is 4.43. The van der Waals surface area contributed by atoms with E-state index in [0.717, 1.165) is 12.8 Å². The Morgan fingerprint density at radius 2 is 2.26 bits per heavy atom. The molecule has 4 nitrogen and oxygen atoms in total. The zero-order valence-electron chi connectivity index (χ0n) is 10.9. The average Bonchev–Trinajstić information content (AvgIpc) is 2.92. The summed E-state index contributed by atoms with van der Waals surface area (Å²) in [4.78, 5) is 12.0. The Balaban J connectivity index is 2.08. The molecule has 2 atom stereocenters. The number of hydrogen-bond acceptors (Lipinski definition) is 4. The van der Waals surface area contributed by atoms with Crippen LogP contribution in [0.3, 0.4) is 0 Å². The summed E-state index contributed by atoms with van der Waals surface area (Å²) in [6.45, 7) is 2.75. The number of rotatable bonds is 5. The summed E-state index contributed by atoms with van der Waals surface area (Å²) in [5.74, 6) is -0.644. The minimum absolute atomic E-state index is 0.191. The number of carbonyl (C=O) groups is 1. The van der Waals surface area contributed by atoms with Crippen LogP contribution in [0, 0.1) is 5.82 Å². The van der Waals surface area contributed by atoms with E-state index in [1.165, 1.54) is 12.1 Å². The minimum atomic E-state index is -0.548. The molecule has 1 N–H and O–H groups in total. The SMILES string of the molecule is CCOC(=O)C(Nc1ccc(F)cc1)C1CCCO1. The van der Waals surface area contributed by atoms with Crippen molar-refractivity contribution in [1.82, 2.24) is 0 Å². The van der Waals surface area contributed by atoms with Gasteiger partial charge in [0.2, 0.25) is 0 Å². The summed E-state index contributed by atoms with van der Waals surface area (Å²) < 4.78 is 23.5. The molecule has 1 aliphatic heterocycles. The third-order valence-corrected chi connectivity index (χ3v) is 3.04. The highest BCUT2D eigenvalue weighted by molar-refractivity contribution is 5.80. The first-order valence-corrected chi connectivity index (χ1v) is 6.51. The second-order valence-electron chi connectivity index (χ2n) is 4.43. The van der Waals surface area contributed by atoms with Gasteiger partial charge in [-0.25, -0.2) is 9.18 Å². The maximum Gasteiger partial charge on any atom is 0.331 e. The van der Waals surface area contributed by atoms with Crippen molar-refractivity contribution in [3.05, 3.63) is 30.1 Å². The van der Waals surface area contributed by atoms with Crippen LogP contribution in [0.5, 0.6) is 0 Å². The quantitative estimate of drug-likeness (QED) is 0.832. The Labute approximate surface area is 111 Å². The van der Waals surface area contributed by atoms with Crippen LogP contribution >= 0.6 is 0 Å². The molecule has 1 fully saturated rings. The van der Waals surface area contributed by atoms with E-state index in [-0.39, 0.29) is 17.9 Å². The number of anilines is 1. The molecule has 0 saturated carbocycles. The van der Waals surface area contributed by atoms with E-state index in [1.54, 1.807) is 19.1 Å². The van der Waals surface area contributed by atoms with Crippen LogP contribution in [0.25, 0.3) is 0 Å². The molecule has 19 heavy (non-hydrogen) atoms. The van der Waals surface area contributed by atoms with E-state index in [1.807, 2.05) is 0 Å². The molecule has 5 heteroatoms. The third-order valence-electron chi connectivity index (χ3n) is 3.04. The molecule has 1 saturated heterocycles. The van der Waals surface area contributed by atoms with Gasteiger partial charge in [-0.2, -0.15) is 0 Å². The fourth-order valence-corrected chi connectivity index (χ4v) is 2.13. The Hall–Kier alpha value is -1.62. The number of hydrogen-bond donors (Lipinski definition) is 1. The molecule has 0 aliphatic carbocycles. The van der Waals surface area contributed by atoms with Crippen molar-refractivity contribution in [2.24, 2.45) is 0 Å². The lowest BCUT2D eigenvalue weighted by Gasteiger charge is -2.23. The van der Waals surface area contributed by atoms with Gasteiger partial charge in [-0.05, 0) is 44.0 Å². The minimum Gasteiger partial charge on any atom is -0.464 e. The van der Waals surface area contributed by atoms with E-state index in [2.05, 4.69) is 5.32 Å². The van der Waals surface area contributed by atoms with Gasteiger partial charge in [0.05, 0.1) is 12.7 Å². The standard InChI is InChI=1S/C14H18FNO3/c1-2-18-14(17)13(12-4-3-9-19-12)16-11-7-5-10(15)6-8-11/h5-8,12-13,16H,2-4,9H2,1H3. The van der Waals surface area contributed by atoms with E-state index in [9.17, 15) is 9.18 Å². The van der Waals surface area contributed by atoms with Crippen molar-refractivity contribution >= 4 is 11.7 Å². The lowest BCUT2D eigenvalue weighted by atomic mass is 10.1. The van der Waals surface area contributed by atoms with Crippen LogP contribution in [-0.4, -0.2) is 31.3 Å². The molecular weight excluding hydrogens is 249 g/mol. The lowest BCUT2D eigenvalue weighted by molar-refractivity contribution is -0.146. The van der Waals surface area contributed by atoms with Gasteiger partial charge in [0.15, 0.2) is 6.04 Å². The van der Waals surface area contributed by atoms with Gasteiger partial charge in [0.1, 0.15) is 5.82 Å². The second kappa shape index (κ2) is 6.52. The van der Waals surface area contributed by atoms with Crippen LogP contribution in [0.1, 0.15) is 19.8 Å². The van der Waals surface area contributed by atoms with Crippen molar-refractivity contribution < 1.29 is 18.7 Å². The van der Waals surface area contributed by atoms with Gasteiger partial charge >= 0.3 is 5.97 Å². The largest absolute Gasteiger partial charge is 0.464 e. The number of carbonyl (C=O) groups excluding carboxylic acids is 1. The van der Waals surface area contributed by atoms with Gasteiger partial charge in [-0.15, -0.1) is 0 Å². The highest BCUT2D eigenvalue weighted by atomic mass is 19.1. The van der Waals surface area contributed by atoms with Crippen molar-refractivity contribution in [1.29, 1.82) is 0 Å². The van der Waals surface area contributed by atoms with Crippen LogP contribution in [0.2, 0.25) is 0 Å². The summed E-state index contributed by atoms with van der Waals surface area (Å²) in [5, 5.41) is 3.07. The molecule has 1 aromatic rings. The van der Waals surface area contributed by atoms with Crippen molar-refractivity contribution in [3.63, 3.8) is 0 Å². The van der Waals surface area contributed by atoms with Gasteiger partial charge in [0.25, 0.3) is 0 Å². The monoisotopic (exact) mass is 267 g/mol. The summed E-state index contributed by atoms with van der Waals surface area (Å²) in [6, 6.07) is 5.33. The Kier molecular flexibility index (Phi) is 4.74. The molecular formula is C14H18FNO3. The maximum absolute atomic E-state index is 12.9.